The molecule has 1 fully saturated rings. The number of aromatic nitrogens is 2. The van der Waals surface area contributed by atoms with Crippen LogP contribution in [0.15, 0.2) is 12.5 Å². The van der Waals surface area contributed by atoms with E-state index < -0.39 is 0 Å². The van der Waals surface area contributed by atoms with Gasteiger partial charge in [-0.05, 0) is 6.42 Å². The largest absolute Gasteiger partial charge is 0.341 e. The van der Waals surface area contributed by atoms with Gasteiger partial charge in [-0.25, -0.2) is 9.97 Å². The van der Waals surface area contributed by atoms with Gasteiger partial charge in [0.25, 0.3) is 0 Å². The molecule has 96 valence electrons. The number of likely N-dealkylation sites (tertiary alicyclic amines) is 1. The number of carbonyl (C=O) groups excluding carboxylic acids is 1. The van der Waals surface area contributed by atoms with Crippen LogP contribution in [-0.2, 0) is 17.8 Å². The number of amides is 1. The molecule has 1 aromatic heterocycles. The molecule has 0 N–H and O–H groups in total. The van der Waals surface area contributed by atoms with Gasteiger partial charge in [-0.15, -0.1) is 0 Å². The normalized spacial score (nSPS) is 24.4. The van der Waals surface area contributed by atoms with Gasteiger partial charge in [0.15, 0.2) is 0 Å². The first-order valence-corrected chi connectivity index (χ1v) is 6.50. The molecule has 0 spiro atoms. The number of carbonyl (C=O) groups is 1. The molecule has 1 aromatic rings. The molecular formula is C13H18N4O. The van der Waals surface area contributed by atoms with Crippen LogP contribution < -0.4 is 0 Å². The zero-order chi connectivity index (χ0) is 12.5. The SMILES string of the molecule is CN1C(=O)CCC1CN1CCc2ncncc2C1. The highest BCUT2D eigenvalue weighted by Gasteiger charge is 2.30. The van der Waals surface area contributed by atoms with Crippen LogP contribution in [0.1, 0.15) is 24.1 Å². The molecule has 0 bridgehead atoms. The number of hydrogen-bond acceptors (Lipinski definition) is 4. The Hall–Kier alpha value is -1.49. The Morgan fingerprint density at radius 3 is 3.11 bits per heavy atom. The third kappa shape index (κ3) is 2.10. The Labute approximate surface area is 107 Å². The van der Waals surface area contributed by atoms with Crippen LogP contribution in [0.5, 0.6) is 0 Å². The number of likely N-dealkylation sites (N-methyl/N-ethyl adjacent to an activating group) is 1. The van der Waals surface area contributed by atoms with Crippen LogP contribution in [-0.4, -0.2) is 51.9 Å². The van der Waals surface area contributed by atoms with E-state index in [2.05, 4.69) is 14.9 Å². The minimum atomic E-state index is 0.278. The molecule has 1 atom stereocenters. The van der Waals surface area contributed by atoms with Crippen LogP contribution in [0, 0.1) is 0 Å². The number of fused-ring (bicyclic) bond motifs is 1. The highest BCUT2D eigenvalue weighted by Crippen LogP contribution is 2.21. The quantitative estimate of drug-likeness (QED) is 0.760. The smallest absolute Gasteiger partial charge is 0.222 e. The maximum absolute atomic E-state index is 11.5. The third-order valence-electron chi connectivity index (χ3n) is 4.04. The summed E-state index contributed by atoms with van der Waals surface area (Å²) in [4.78, 5) is 24.2. The first kappa shape index (κ1) is 11.6. The van der Waals surface area contributed by atoms with Crippen molar-refractivity contribution in [1.29, 1.82) is 0 Å². The van der Waals surface area contributed by atoms with Crippen molar-refractivity contribution in [2.24, 2.45) is 0 Å². The van der Waals surface area contributed by atoms with Crippen molar-refractivity contribution in [3.8, 4) is 0 Å². The van der Waals surface area contributed by atoms with E-state index in [9.17, 15) is 4.79 Å². The summed E-state index contributed by atoms with van der Waals surface area (Å²) < 4.78 is 0. The Bertz CT molecular complexity index is 462. The van der Waals surface area contributed by atoms with Gasteiger partial charge in [0.1, 0.15) is 6.33 Å². The van der Waals surface area contributed by atoms with E-state index >= 15 is 0 Å². The summed E-state index contributed by atoms with van der Waals surface area (Å²) in [6.45, 7) is 2.91. The van der Waals surface area contributed by atoms with Gasteiger partial charge in [-0.1, -0.05) is 0 Å². The lowest BCUT2D eigenvalue weighted by Gasteiger charge is -2.32. The molecule has 0 radical (unpaired) electrons. The fraction of sp³-hybridized carbons (Fsp3) is 0.615. The highest BCUT2D eigenvalue weighted by molar-refractivity contribution is 5.78. The van der Waals surface area contributed by atoms with E-state index in [0.717, 1.165) is 32.5 Å². The van der Waals surface area contributed by atoms with Crippen molar-refractivity contribution in [3.05, 3.63) is 23.8 Å². The first-order chi connectivity index (χ1) is 8.74. The molecule has 1 unspecified atom stereocenters. The summed E-state index contributed by atoms with van der Waals surface area (Å²) >= 11 is 0. The van der Waals surface area contributed by atoms with Gasteiger partial charge in [-0.2, -0.15) is 0 Å². The summed E-state index contributed by atoms with van der Waals surface area (Å²) in [6, 6.07) is 0.378. The van der Waals surface area contributed by atoms with Gasteiger partial charge < -0.3 is 4.90 Å². The predicted molar refractivity (Wildman–Crippen MR) is 66.8 cm³/mol. The van der Waals surface area contributed by atoms with E-state index in [4.69, 9.17) is 0 Å². The maximum Gasteiger partial charge on any atom is 0.222 e. The molecule has 5 heteroatoms. The summed E-state index contributed by atoms with van der Waals surface area (Å²) in [6.07, 6.45) is 6.22. The molecule has 5 nitrogen and oxygen atoms in total. The third-order valence-corrected chi connectivity index (χ3v) is 4.04. The molecule has 2 aliphatic heterocycles. The predicted octanol–water partition coefficient (Wildman–Crippen LogP) is 0.455. The minimum Gasteiger partial charge on any atom is -0.341 e. The van der Waals surface area contributed by atoms with Crippen LogP contribution in [0.2, 0.25) is 0 Å². The zero-order valence-electron chi connectivity index (χ0n) is 10.7. The van der Waals surface area contributed by atoms with Crippen LogP contribution in [0.25, 0.3) is 0 Å². The Morgan fingerprint density at radius 2 is 2.33 bits per heavy atom. The van der Waals surface area contributed by atoms with Gasteiger partial charge >= 0.3 is 0 Å². The first-order valence-electron chi connectivity index (χ1n) is 6.50. The van der Waals surface area contributed by atoms with Crippen molar-refractivity contribution in [2.45, 2.75) is 31.8 Å². The standard InChI is InChI=1S/C13H18N4O/c1-16-11(2-3-13(16)18)8-17-5-4-12-10(7-17)6-14-9-15-12/h6,9,11H,2-5,7-8H2,1H3. The summed E-state index contributed by atoms with van der Waals surface area (Å²) in [5.74, 6) is 0.278. The highest BCUT2D eigenvalue weighted by atomic mass is 16.2. The molecule has 3 rings (SSSR count). The Morgan fingerprint density at radius 1 is 1.44 bits per heavy atom. The van der Waals surface area contributed by atoms with Crippen molar-refractivity contribution in [2.75, 3.05) is 20.1 Å². The fourth-order valence-electron chi connectivity index (χ4n) is 2.86. The minimum absolute atomic E-state index is 0.278. The lowest BCUT2D eigenvalue weighted by atomic mass is 10.1. The second-order valence-corrected chi connectivity index (χ2v) is 5.18. The summed E-state index contributed by atoms with van der Waals surface area (Å²) in [7, 11) is 1.92. The Kier molecular flexibility index (Phi) is 2.99. The molecule has 0 saturated carbocycles. The van der Waals surface area contributed by atoms with Crippen molar-refractivity contribution in [3.63, 3.8) is 0 Å². The van der Waals surface area contributed by atoms with Crippen molar-refractivity contribution >= 4 is 5.91 Å². The zero-order valence-corrected chi connectivity index (χ0v) is 10.7. The Balaban J connectivity index is 1.65. The van der Waals surface area contributed by atoms with Crippen LogP contribution in [0.3, 0.4) is 0 Å². The van der Waals surface area contributed by atoms with E-state index in [1.54, 1.807) is 6.33 Å². The van der Waals surface area contributed by atoms with Gasteiger partial charge in [0, 0.05) is 63.0 Å². The molecule has 1 amide bonds. The average molecular weight is 246 g/mol. The fourth-order valence-corrected chi connectivity index (χ4v) is 2.86. The molecule has 1 saturated heterocycles. The summed E-state index contributed by atoms with van der Waals surface area (Å²) in [5.41, 5.74) is 2.41. The topological polar surface area (TPSA) is 49.3 Å². The lowest BCUT2D eigenvalue weighted by Crippen LogP contribution is -2.42. The molecule has 3 heterocycles. The van der Waals surface area contributed by atoms with Crippen LogP contribution >= 0.6 is 0 Å². The summed E-state index contributed by atoms with van der Waals surface area (Å²) in [5, 5.41) is 0. The number of rotatable bonds is 2. The van der Waals surface area contributed by atoms with Crippen LogP contribution in [0.4, 0.5) is 0 Å². The molecular weight excluding hydrogens is 228 g/mol. The monoisotopic (exact) mass is 246 g/mol. The molecule has 18 heavy (non-hydrogen) atoms. The van der Waals surface area contributed by atoms with Gasteiger partial charge in [-0.3, -0.25) is 9.69 Å². The van der Waals surface area contributed by atoms with Crippen molar-refractivity contribution < 1.29 is 4.79 Å². The van der Waals surface area contributed by atoms with E-state index in [-0.39, 0.29) is 5.91 Å². The number of nitrogens with zero attached hydrogens (tertiary/aromatic N) is 4. The average Bonchev–Trinajstić information content (AvgIpc) is 2.71. The van der Waals surface area contributed by atoms with E-state index in [1.807, 2.05) is 18.1 Å². The second-order valence-electron chi connectivity index (χ2n) is 5.18. The van der Waals surface area contributed by atoms with E-state index in [0.29, 0.717) is 12.5 Å². The molecule has 0 aliphatic carbocycles. The van der Waals surface area contributed by atoms with E-state index in [1.165, 1.54) is 11.3 Å². The van der Waals surface area contributed by atoms with Crippen molar-refractivity contribution in [1.82, 2.24) is 19.8 Å². The van der Waals surface area contributed by atoms with Gasteiger partial charge in [0.2, 0.25) is 5.91 Å². The van der Waals surface area contributed by atoms with Gasteiger partial charge in [0.05, 0.1) is 0 Å². The lowest BCUT2D eigenvalue weighted by molar-refractivity contribution is -0.127. The number of hydrogen-bond donors (Lipinski definition) is 0. The second kappa shape index (κ2) is 4.65. The molecule has 2 aliphatic rings. The molecule has 0 aromatic carbocycles. The maximum atomic E-state index is 11.5.